The van der Waals surface area contributed by atoms with Gasteiger partial charge in [0.2, 0.25) is 0 Å². The Balaban J connectivity index is 1.84. The van der Waals surface area contributed by atoms with Crippen molar-refractivity contribution in [1.29, 1.82) is 0 Å². The van der Waals surface area contributed by atoms with E-state index in [1.165, 1.54) is 0 Å². The van der Waals surface area contributed by atoms with Crippen molar-refractivity contribution in [3.05, 3.63) is 0 Å². The van der Waals surface area contributed by atoms with E-state index in [9.17, 15) is 56.2 Å². The molecule has 16 nitrogen and oxygen atoms in total. The SMILES string of the molecule is OC[C@H]1OC(O)[C@H](O)[C@@H](O[C@H]2O[C@H](CO)[C@@H](O)[C@H](O)[C@@H]2O[C@H]2O[C@H](CO)[C@@H](O)[C@H](O)[C@@H]2O)[C@H]1O. The topological polar surface area (TPSA) is 269 Å². The fourth-order valence-electron chi connectivity index (χ4n) is 4.03. The highest BCUT2D eigenvalue weighted by Gasteiger charge is 2.53. The molecule has 0 bridgehead atoms. The first-order chi connectivity index (χ1) is 16.0. The third kappa shape index (κ3) is 5.37. The summed E-state index contributed by atoms with van der Waals surface area (Å²) in [5, 5.41) is 110. The van der Waals surface area contributed by atoms with Crippen LogP contribution in [-0.2, 0) is 23.7 Å². The van der Waals surface area contributed by atoms with Crippen molar-refractivity contribution in [2.75, 3.05) is 19.8 Å². The van der Waals surface area contributed by atoms with Crippen LogP contribution in [0, 0.1) is 0 Å². The lowest BCUT2D eigenvalue weighted by molar-refractivity contribution is -0.387. The zero-order valence-corrected chi connectivity index (χ0v) is 17.7. The van der Waals surface area contributed by atoms with Crippen LogP contribution in [0.1, 0.15) is 0 Å². The van der Waals surface area contributed by atoms with E-state index >= 15 is 0 Å². The van der Waals surface area contributed by atoms with Crippen LogP contribution in [0.4, 0.5) is 0 Å². The molecule has 3 aliphatic rings. The molecule has 3 heterocycles. The van der Waals surface area contributed by atoms with Crippen LogP contribution in [0.3, 0.4) is 0 Å². The molecule has 16 heteroatoms. The van der Waals surface area contributed by atoms with E-state index in [0.29, 0.717) is 0 Å². The van der Waals surface area contributed by atoms with Crippen molar-refractivity contribution in [3.63, 3.8) is 0 Å². The average molecular weight is 504 g/mol. The summed E-state index contributed by atoms with van der Waals surface area (Å²) in [6.45, 7) is -2.34. The monoisotopic (exact) mass is 504 g/mol. The first-order valence-electron chi connectivity index (χ1n) is 10.6. The van der Waals surface area contributed by atoms with Gasteiger partial charge in [-0.1, -0.05) is 0 Å². The van der Waals surface area contributed by atoms with Gasteiger partial charge in [0, 0.05) is 0 Å². The van der Waals surface area contributed by atoms with Gasteiger partial charge in [0.1, 0.15) is 73.2 Å². The first-order valence-corrected chi connectivity index (χ1v) is 10.6. The molecule has 0 amide bonds. The normalized spacial score (nSPS) is 52.5. The molecule has 200 valence electrons. The van der Waals surface area contributed by atoms with Gasteiger partial charge in [-0.05, 0) is 0 Å². The summed E-state index contributed by atoms with van der Waals surface area (Å²) in [5.74, 6) is 0. The molecule has 0 aromatic rings. The van der Waals surface area contributed by atoms with E-state index in [-0.39, 0.29) is 0 Å². The predicted octanol–water partition coefficient (Wildman–Crippen LogP) is -7.57. The third-order valence-corrected chi connectivity index (χ3v) is 6.10. The molecule has 11 N–H and O–H groups in total. The average Bonchev–Trinajstić information content (AvgIpc) is 2.83. The van der Waals surface area contributed by atoms with E-state index in [4.69, 9.17) is 23.7 Å². The Morgan fingerprint density at radius 3 is 1.47 bits per heavy atom. The van der Waals surface area contributed by atoms with Crippen molar-refractivity contribution < 1.29 is 79.9 Å². The molecule has 3 fully saturated rings. The molecule has 3 rings (SSSR count). The molecule has 0 radical (unpaired) electrons. The maximum absolute atomic E-state index is 10.6. The lowest BCUT2D eigenvalue weighted by Crippen LogP contribution is -2.67. The van der Waals surface area contributed by atoms with Crippen molar-refractivity contribution >= 4 is 0 Å². The zero-order chi connectivity index (χ0) is 25.3. The smallest absolute Gasteiger partial charge is 0.187 e. The van der Waals surface area contributed by atoms with Gasteiger partial charge in [0.05, 0.1) is 19.8 Å². The highest BCUT2D eigenvalue weighted by molar-refractivity contribution is 4.96. The van der Waals surface area contributed by atoms with Gasteiger partial charge in [0.15, 0.2) is 18.9 Å². The second-order valence-corrected chi connectivity index (χ2v) is 8.33. The Kier molecular flexibility index (Phi) is 9.54. The molecule has 0 aliphatic carbocycles. The van der Waals surface area contributed by atoms with Gasteiger partial charge in [-0.3, -0.25) is 0 Å². The molecule has 34 heavy (non-hydrogen) atoms. The Labute approximate surface area is 192 Å². The fourth-order valence-corrected chi connectivity index (χ4v) is 4.03. The van der Waals surface area contributed by atoms with Gasteiger partial charge in [-0.15, -0.1) is 0 Å². The van der Waals surface area contributed by atoms with Crippen LogP contribution in [0.2, 0.25) is 0 Å². The van der Waals surface area contributed by atoms with Gasteiger partial charge in [0.25, 0.3) is 0 Å². The quantitative estimate of drug-likeness (QED) is 0.154. The molecule has 0 saturated carbocycles. The lowest BCUT2D eigenvalue weighted by Gasteiger charge is -2.48. The second-order valence-electron chi connectivity index (χ2n) is 8.33. The fraction of sp³-hybridized carbons (Fsp3) is 1.00. The number of ether oxygens (including phenoxy) is 5. The first kappa shape index (κ1) is 27.9. The maximum atomic E-state index is 10.6. The molecule has 3 saturated heterocycles. The maximum Gasteiger partial charge on any atom is 0.187 e. The summed E-state index contributed by atoms with van der Waals surface area (Å²) in [7, 11) is 0. The minimum absolute atomic E-state index is 0.762. The molecule has 0 aromatic carbocycles. The highest BCUT2D eigenvalue weighted by Crippen LogP contribution is 2.32. The summed E-state index contributed by atoms with van der Waals surface area (Å²) in [6, 6.07) is 0. The zero-order valence-electron chi connectivity index (χ0n) is 17.7. The van der Waals surface area contributed by atoms with E-state index in [2.05, 4.69) is 0 Å². The van der Waals surface area contributed by atoms with Crippen LogP contribution in [0.25, 0.3) is 0 Å². The van der Waals surface area contributed by atoms with Crippen molar-refractivity contribution in [3.8, 4) is 0 Å². The number of aliphatic hydroxyl groups is 11. The van der Waals surface area contributed by atoms with Crippen LogP contribution in [0.15, 0.2) is 0 Å². The molecule has 1 unspecified atom stereocenters. The van der Waals surface area contributed by atoms with Crippen LogP contribution < -0.4 is 0 Å². The summed E-state index contributed by atoms with van der Waals surface area (Å²) in [5.41, 5.74) is 0. The van der Waals surface area contributed by atoms with E-state index in [1.807, 2.05) is 0 Å². The van der Waals surface area contributed by atoms with Crippen molar-refractivity contribution in [2.24, 2.45) is 0 Å². The minimum Gasteiger partial charge on any atom is -0.394 e. The van der Waals surface area contributed by atoms with Gasteiger partial charge < -0.3 is 79.9 Å². The number of aliphatic hydroxyl groups excluding tert-OH is 11. The molecule has 0 aromatic heterocycles. The van der Waals surface area contributed by atoms with E-state index in [1.54, 1.807) is 0 Å². The predicted molar refractivity (Wildman–Crippen MR) is 101 cm³/mol. The van der Waals surface area contributed by atoms with Crippen LogP contribution in [0.5, 0.6) is 0 Å². The molecule has 3 aliphatic heterocycles. The summed E-state index contributed by atoms with van der Waals surface area (Å²) < 4.78 is 26.5. The molecular formula is C18H32O16. The van der Waals surface area contributed by atoms with Crippen molar-refractivity contribution in [1.82, 2.24) is 0 Å². The Hall–Kier alpha value is -0.640. The third-order valence-electron chi connectivity index (χ3n) is 6.10. The summed E-state index contributed by atoms with van der Waals surface area (Å²) in [6.07, 6.45) is -25.7. The van der Waals surface area contributed by atoms with E-state index < -0.39 is 112 Å². The van der Waals surface area contributed by atoms with Crippen LogP contribution in [-0.4, -0.2) is 168 Å². The highest BCUT2D eigenvalue weighted by atomic mass is 16.8. The molecule has 0 spiro atoms. The number of hydrogen-bond acceptors (Lipinski definition) is 16. The second kappa shape index (κ2) is 11.6. The van der Waals surface area contributed by atoms with E-state index in [0.717, 1.165) is 0 Å². The van der Waals surface area contributed by atoms with Gasteiger partial charge >= 0.3 is 0 Å². The Morgan fingerprint density at radius 2 is 0.912 bits per heavy atom. The summed E-state index contributed by atoms with van der Waals surface area (Å²) >= 11 is 0. The van der Waals surface area contributed by atoms with Gasteiger partial charge in [-0.25, -0.2) is 0 Å². The minimum atomic E-state index is -1.89. The lowest BCUT2D eigenvalue weighted by atomic mass is 9.96. The largest absolute Gasteiger partial charge is 0.394 e. The standard InChI is InChI=1S/C18H32O16/c19-1-4-7(22)10(25)12(27)17(31-4)34-15-11(26)8(23)5(2-20)32-18(15)33-14-9(24)6(3-21)30-16(29)13(14)28/h4-29H,1-3H2/t4-,5-,6-,7-,8-,9+,10+,11+,12+,13-,14+,15+,16?,17-,18-/m1/s1. The molecule has 15 atom stereocenters. The number of hydrogen-bond donors (Lipinski definition) is 11. The Bertz CT molecular complexity index is 639. The van der Waals surface area contributed by atoms with Crippen LogP contribution >= 0.6 is 0 Å². The van der Waals surface area contributed by atoms with Crippen molar-refractivity contribution in [2.45, 2.75) is 92.1 Å². The number of rotatable bonds is 7. The summed E-state index contributed by atoms with van der Waals surface area (Å²) in [4.78, 5) is 0. The Morgan fingerprint density at radius 1 is 0.441 bits per heavy atom. The van der Waals surface area contributed by atoms with Gasteiger partial charge in [-0.2, -0.15) is 0 Å². The molecular weight excluding hydrogens is 472 g/mol.